The quantitative estimate of drug-likeness (QED) is 0.617. The zero-order valence-electron chi connectivity index (χ0n) is 9.21. The third-order valence-electron chi connectivity index (χ3n) is 2.80. The summed E-state index contributed by atoms with van der Waals surface area (Å²) in [5.74, 6) is 0.523. The third kappa shape index (κ3) is 1.57. The average Bonchev–Trinajstić information content (AvgIpc) is 2.82. The minimum Gasteiger partial charge on any atom is -0.384 e. The van der Waals surface area contributed by atoms with Crippen LogP contribution in [-0.4, -0.2) is 15.2 Å². The van der Waals surface area contributed by atoms with E-state index in [1.54, 1.807) is 6.20 Å². The molecule has 0 saturated carbocycles. The molecule has 17 heavy (non-hydrogen) atoms. The number of rotatable bonds is 1. The Morgan fingerprint density at radius 1 is 1.24 bits per heavy atom. The fraction of sp³-hybridized carbons (Fsp3) is 0.0833. The molecule has 0 fully saturated rings. The fourth-order valence-electron chi connectivity index (χ4n) is 2.02. The number of benzene rings is 1. The number of hydrogen-bond donors (Lipinski definition) is 3. The van der Waals surface area contributed by atoms with Crippen LogP contribution in [0.5, 0.6) is 0 Å². The molecule has 0 bridgehead atoms. The van der Waals surface area contributed by atoms with Crippen LogP contribution in [0.2, 0.25) is 5.02 Å². The maximum atomic E-state index is 6.26. The second-order valence-electron chi connectivity index (χ2n) is 4.07. The number of halogens is 1. The van der Waals surface area contributed by atoms with Crippen molar-refractivity contribution in [2.45, 2.75) is 6.92 Å². The number of aromatic nitrogens is 3. The van der Waals surface area contributed by atoms with E-state index in [-0.39, 0.29) is 0 Å². The van der Waals surface area contributed by atoms with Gasteiger partial charge < -0.3 is 10.7 Å². The van der Waals surface area contributed by atoms with Crippen molar-refractivity contribution in [3.05, 3.63) is 35.1 Å². The molecule has 4 N–H and O–H groups in total. The molecule has 0 unspecified atom stereocenters. The maximum absolute atomic E-state index is 6.26. The molecule has 0 saturated heterocycles. The number of aryl methyl sites for hydroxylation is 1. The highest BCUT2D eigenvalue weighted by Gasteiger charge is 2.11. The average molecular weight is 247 g/mol. The van der Waals surface area contributed by atoms with Gasteiger partial charge in [0, 0.05) is 32.7 Å². The number of fused-ring (bicyclic) bond motifs is 1. The van der Waals surface area contributed by atoms with Crippen molar-refractivity contribution in [1.82, 2.24) is 15.2 Å². The summed E-state index contributed by atoms with van der Waals surface area (Å²) in [6.45, 7) is 2.01. The van der Waals surface area contributed by atoms with Crippen LogP contribution in [0.4, 0.5) is 5.82 Å². The second-order valence-corrected chi connectivity index (χ2v) is 4.48. The van der Waals surface area contributed by atoms with E-state index < -0.39 is 0 Å². The SMILES string of the molecule is Cc1cc2cc(Cl)c(-c3cn[nH]c3N)cc2[nH]1. The molecule has 0 amide bonds. The molecule has 2 heterocycles. The summed E-state index contributed by atoms with van der Waals surface area (Å²) in [5.41, 5.74) is 9.66. The molecule has 4 nitrogen and oxygen atoms in total. The first kappa shape index (κ1) is 10.2. The molecule has 0 atom stereocenters. The second kappa shape index (κ2) is 3.53. The van der Waals surface area contributed by atoms with Gasteiger partial charge >= 0.3 is 0 Å². The minimum absolute atomic E-state index is 0.523. The normalized spacial score (nSPS) is 11.2. The van der Waals surface area contributed by atoms with Crippen LogP contribution in [0.25, 0.3) is 22.0 Å². The first-order chi connectivity index (χ1) is 8.15. The largest absolute Gasteiger partial charge is 0.384 e. The van der Waals surface area contributed by atoms with Crippen LogP contribution in [0.15, 0.2) is 24.4 Å². The molecule has 0 spiro atoms. The molecular formula is C12H11ClN4. The first-order valence-corrected chi connectivity index (χ1v) is 5.61. The summed E-state index contributed by atoms with van der Waals surface area (Å²) in [6.07, 6.45) is 1.68. The van der Waals surface area contributed by atoms with Crippen molar-refractivity contribution in [1.29, 1.82) is 0 Å². The van der Waals surface area contributed by atoms with Gasteiger partial charge in [-0.1, -0.05) is 11.6 Å². The first-order valence-electron chi connectivity index (χ1n) is 5.23. The zero-order chi connectivity index (χ0) is 12.0. The van der Waals surface area contributed by atoms with Crippen LogP contribution in [0, 0.1) is 6.92 Å². The summed E-state index contributed by atoms with van der Waals surface area (Å²) in [4.78, 5) is 3.28. The fourth-order valence-corrected chi connectivity index (χ4v) is 2.29. The van der Waals surface area contributed by atoms with E-state index in [0.717, 1.165) is 27.7 Å². The van der Waals surface area contributed by atoms with Gasteiger partial charge in [0.1, 0.15) is 5.82 Å². The highest BCUT2D eigenvalue weighted by atomic mass is 35.5. The standard InChI is InChI=1S/C12H11ClN4/c1-6-2-7-3-10(13)8(4-11(7)16-6)9-5-15-17-12(9)14/h2-5,16H,1H3,(H3,14,15,17). The Kier molecular flexibility index (Phi) is 2.12. The Morgan fingerprint density at radius 3 is 2.76 bits per heavy atom. The zero-order valence-corrected chi connectivity index (χ0v) is 9.97. The Bertz CT molecular complexity index is 696. The van der Waals surface area contributed by atoms with Crippen LogP contribution in [0.3, 0.4) is 0 Å². The van der Waals surface area contributed by atoms with Crippen LogP contribution >= 0.6 is 11.6 Å². The van der Waals surface area contributed by atoms with E-state index in [2.05, 4.69) is 21.2 Å². The summed E-state index contributed by atoms with van der Waals surface area (Å²) in [5, 5.41) is 8.38. The number of nitrogens with two attached hydrogens (primary N) is 1. The number of nitrogens with zero attached hydrogens (tertiary/aromatic N) is 1. The van der Waals surface area contributed by atoms with Crippen molar-refractivity contribution in [3.8, 4) is 11.1 Å². The van der Waals surface area contributed by atoms with E-state index in [4.69, 9.17) is 17.3 Å². The van der Waals surface area contributed by atoms with E-state index in [1.807, 2.05) is 19.1 Å². The van der Waals surface area contributed by atoms with Crippen molar-refractivity contribution < 1.29 is 0 Å². The molecule has 0 aliphatic rings. The minimum atomic E-state index is 0.523. The van der Waals surface area contributed by atoms with Gasteiger partial charge in [0.25, 0.3) is 0 Å². The van der Waals surface area contributed by atoms with E-state index in [1.165, 1.54) is 0 Å². The Balaban J connectivity index is 2.29. The number of hydrogen-bond acceptors (Lipinski definition) is 2. The molecule has 3 aromatic rings. The predicted octanol–water partition coefficient (Wildman–Crippen LogP) is 3.10. The van der Waals surface area contributed by atoms with Gasteiger partial charge in [-0.15, -0.1) is 0 Å². The van der Waals surface area contributed by atoms with Gasteiger partial charge in [0.15, 0.2) is 0 Å². The molecule has 5 heteroatoms. The van der Waals surface area contributed by atoms with Crippen molar-refractivity contribution in [2.24, 2.45) is 0 Å². The summed E-state index contributed by atoms with van der Waals surface area (Å²) in [6, 6.07) is 5.98. The van der Waals surface area contributed by atoms with Crippen LogP contribution < -0.4 is 5.73 Å². The molecule has 0 radical (unpaired) electrons. The van der Waals surface area contributed by atoms with E-state index >= 15 is 0 Å². The number of H-pyrrole nitrogens is 2. The van der Waals surface area contributed by atoms with Crippen LogP contribution in [0.1, 0.15) is 5.69 Å². The Hall–Kier alpha value is -1.94. The molecule has 0 aliphatic carbocycles. The van der Waals surface area contributed by atoms with E-state index in [0.29, 0.717) is 10.8 Å². The maximum Gasteiger partial charge on any atom is 0.126 e. The molecule has 1 aromatic carbocycles. The van der Waals surface area contributed by atoms with Gasteiger partial charge in [-0.25, -0.2) is 0 Å². The molecule has 2 aromatic heterocycles. The number of anilines is 1. The summed E-state index contributed by atoms with van der Waals surface area (Å²) >= 11 is 6.26. The highest BCUT2D eigenvalue weighted by Crippen LogP contribution is 2.34. The lowest BCUT2D eigenvalue weighted by Gasteiger charge is -2.03. The Labute approximate surface area is 103 Å². The van der Waals surface area contributed by atoms with Gasteiger partial charge in [0.2, 0.25) is 0 Å². The lowest BCUT2D eigenvalue weighted by atomic mass is 10.1. The number of nitrogen functional groups attached to an aromatic ring is 1. The lowest BCUT2D eigenvalue weighted by Crippen LogP contribution is -1.88. The summed E-state index contributed by atoms with van der Waals surface area (Å²) < 4.78 is 0. The Morgan fingerprint density at radius 2 is 2.06 bits per heavy atom. The van der Waals surface area contributed by atoms with Crippen molar-refractivity contribution in [3.63, 3.8) is 0 Å². The number of nitrogens with one attached hydrogen (secondary N) is 2. The van der Waals surface area contributed by atoms with E-state index in [9.17, 15) is 0 Å². The lowest BCUT2D eigenvalue weighted by molar-refractivity contribution is 1.10. The topological polar surface area (TPSA) is 70.5 Å². The highest BCUT2D eigenvalue weighted by molar-refractivity contribution is 6.34. The van der Waals surface area contributed by atoms with Crippen molar-refractivity contribution in [2.75, 3.05) is 5.73 Å². The van der Waals surface area contributed by atoms with Gasteiger partial charge in [-0.05, 0) is 25.1 Å². The molecule has 0 aliphatic heterocycles. The van der Waals surface area contributed by atoms with Gasteiger partial charge in [-0.3, -0.25) is 5.10 Å². The van der Waals surface area contributed by atoms with Gasteiger partial charge in [0.05, 0.1) is 6.20 Å². The molecule has 3 rings (SSSR count). The van der Waals surface area contributed by atoms with Gasteiger partial charge in [-0.2, -0.15) is 5.10 Å². The third-order valence-corrected chi connectivity index (χ3v) is 3.11. The van der Waals surface area contributed by atoms with Crippen LogP contribution in [-0.2, 0) is 0 Å². The molecular weight excluding hydrogens is 236 g/mol. The monoisotopic (exact) mass is 246 g/mol. The summed E-state index contributed by atoms with van der Waals surface area (Å²) in [7, 11) is 0. The smallest absolute Gasteiger partial charge is 0.126 e. The molecule has 86 valence electrons. The predicted molar refractivity (Wildman–Crippen MR) is 70.0 cm³/mol. The van der Waals surface area contributed by atoms with Crippen molar-refractivity contribution >= 4 is 28.3 Å². The number of aromatic amines is 2.